The van der Waals surface area contributed by atoms with Gasteiger partial charge in [0.05, 0.1) is 5.69 Å². The van der Waals surface area contributed by atoms with Crippen LogP contribution in [0.4, 0.5) is 16.2 Å². The molecule has 2 amide bonds. The van der Waals surface area contributed by atoms with Crippen LogP contribution in [0, 0.1) is 0 Å². The van der Waals surface area contributed by atoms with Crippen LogP contribution in [0.15, 0.2) is 84.2 Å². The first kappa shape index (κ1) is 18.2. The van der Waals surface area contributed by atoms with Gasteiger partial charge >= 0.3 is 6.03 Å². The summed E-state index contributed by atoms with van der Waals surface area (Å²) in [6, 6.07) is 24.4. The van der Waals surface area contributed by atoms with Crippen molar-refractivity contribution in [1.82, 2.24) is 4.98 Å². The zero-order valence-electron chi connectivity index (χ0n) is 14.7. The summed E-state index contributed by atoms with van der Waals surface area (Å²) in [6.07, 6.45) is 0. The van der Waals surface area contributed by atoms with Crippen LogP contribution in [0.3, 0.4) is 0 Å². The summed E-state index contributed by atoms with van der Waals surface area (Å²) in [5.74, 6) is 0. The number of carbonyl (C=O) groups excluding carboxylic acids is 1. The van der Waals surface area contributed by atoms with Crippen molar-refractivity contribution >= 4 is 40.3 Å². The molecule has 0 atom stereocenters. The maximum Gasteiger partial charge on any atom is 0.323 e. The van der Waals surface area contributed by atoms with Gasteiger partial charge in [-0.2, -0.15) is 0 Å². The number of rotatable bonds is 4. The van der Waals surface area contributed by atoms with Gasteiger partial charge < -0.3 is 10.6 Å². The van der Waals surface area contributed by atoms with E-state index >= 15 is 0 Å². The molecule has 0 unspecified atom stereocenters. The number of urea groups is 1. The standard InChI is InChI=1S/C22H16ClN3OS/c23-17-8-12-19(13-9-17)25-22(27)24-18-10-6-15(7-11-18)20-14-28-21(26-20)16-4-2-1-3-5-16/h1-14H,(H2,24,25,27). The highest BCUT2D eigenvalue weighted by molar-refractivity contribution is 7.13. The first-order chi connectivity index (χ1) is 13.7. The Balaban J connectivity index is 1.42. The Morgan fingerprint density at radius 1 is 0.786 bits per heavy atom. The summed E-state index contributed by atoms with van der Waals surface area (Å²) in [5, 5.41) is 9.23. The highest BCUT2D eigenvalue weighted by Gasteiger charge is 2.07. The van der Waals surface area contributed by atoms with Gasteiger partial charge in [-0.1, -0.05) is 54.1 Å². The fraction of sp³-hybridized carbons (Fsp3) is 0. The molecule has 3 aromatic carbocycles. The van der Waals surface area contributed by atoms with E-state index in [9.17, 15) is 4.79 Å². The second kappa shape index (κ2) is 8.25. The molecule has 28 heavy (non-hydrogen) atoms. The molecule has 1 heterocycles. The van der Waals surface area contributed by atoms with Crippen LogP contribution in [0.2, 0.25) is 5.02 Å². The summed E-state index contributed by atoms with van der Waals surface area (Å²) in [6.45, 7) is 0. The number of nitrogens with one attached hydrogen (secondary N) is 2. The highest BCUT2D eigenvalue weighted by Crippen LogP contribution is 2.29. The third kappa shape index (κ3) is 4.39. The van der Waals surface area contributed by atoms with E-state index in [4.69, 9.17) is 16.6 Å². The van der Waals surface area contributed by atoms with Crippen LogP contribution in [0.1, 0.15) is 0 Å². The molecule has 4 rings (SSSR count). The summed E-state index contributed by atoms with van der Waals surface area (Å²) in [4.78, 5) is 16.8. The van der Waals surface area contributed by atoms with E-state index in [1.165, 1.54) is 0 Å². The van der Waals surface area contributed by atoms with Crippen molar-refractivity contribution in [2.75, 3.05) is 10.6 Å². The maximum absolute atomic E-state index is 12.1. The Morgan fingerprint density at radius 3 is 2.04 bits per heavy atom. The predicted molar refractivity (Wildman–Crippen MR) is 117 cm³/mol. The molecule has 0 aliphatic carbocycles. The van der Waals surface area contributed by atoms with Crippen molar-refractivity contribution in [2.24, 2.45) is 0 Å². The van der Waals surface area contributed by atoms with Gasteiger partial charge in [-0.25, -0.2) is 9.78 Å². The molecular formula is C22H16ClN3OS. The van der Waals surface area contributed by atoms with Gasteiger partial charge in [-0.15, -0.1) is 11.3 Å². The quantitative estimate of drug-likeness (QED) is 0.393. The molecule has 4 nitrogen and oxygen atoms in total. The molecule has 0 bridgehead atoms. The van der Waals surface area contributed by atoms with Gasteiger partial charge in [-0.3, -0.25) is 0 Å². The van der Waals surface area contributed by atoms with Crippen LogP contribution in [-0.2, 0) is 0 Å². The summed E-state index contributed by atoms with van der Waals surface area (Å²) in [5.41, 5.74) is 4.40. The monoisotopic (exact) mass is 405 g/mol. The van der Waals surface area contributed by atoms with Crippen molar-refractivity contribution in [2.45, 2.75) is 0 Å². The smallest absolute Gasteiger partial charge is 0.308 e. The molecule has 0 spiro atoms. The normalized spacial score (nSPS) is 10.5. The first-order valence-corrected chi connectivity index (χ1v) is 9.88. The largest absolute Gasteiger partial charge is 0.323 e. The molecule has 0 aliphatic heterocycles. The number of halogens is 1. The molecule has 0 aliphatic rings. The minimum atomic E-state index is -0.310. The SMILES string of the molecule is O=C(Nc1ccc(Cl)cc1)Nc1ccc(-c2csc(-c3ccccc3)n2)cc1. The lowest BCUT2D eigenvalue weighted by Gasteiger charge is -2.08. The topological polar surface area (TPSA) is 54.0 Å². The molecule has 4 aromatic rings. The summed E-state index contributed by atoms with van der Waals surface area (Å²) < 4.78 is 0. The zero-order valence-corrected chi connectivity index (χ0v) is 16.3. The molecular weight excluding hydrogens is 390 g/mol. The number of anilines is 2. The second-order valence-corrected chi connectivity index (χ2v) is 7.36. The number of hydrogen-bond acceptors (Lipinski definition) is 3. The van der Waals surface area contributed by atoms with Crippen molar-refractivity contribution in [3.05, 3.63) is 89.3 Å². The van der Waals surface area contributed by atoms with E-state index in [0.29, 0.717) is 16.4 Å². The van der Waals surface area contributed by atoms with Crippen molar-refractivity contribution in [1.29, 1.82) is 0 Å². The van der Waals surface area contributed by atoms with Gasteiger partial charge in [0.1, 0.15) is 5.01 Å². The van der Waals surface area contributed by atoms with Crippen molar-refractivity contribution in [3.8, 4) is 21.8 Å². The number of carbonyl (C=O) groups is 1. The minimum Gasteiger partial charge on any atom is -0.308 e. The van der Waals surface area contributed by atoms with E-state index in [1.807, 2.05) is 47.8 Å². The van der Waals surface area contributed by atoms with Gasteiger partial charge in [0.25, 0.3) is 0 Å². The molecule has 2 N–H and O–H groups in total. The number of nitrogens with zero attached hydrogens (tertiary/aromatic N) is 1. The molecule has 1 aromatic heterocycles. The van der Waals surface area contributed by atoms with Crippen LogP contribution in [-0.4, -0.2) is 11.0 Å². The van der Waals surface area contributed by atoms with Gasteiger partial charge in [0.15, 0.2) is 0 Å². The summed E-state index contributed by atoms with van der Waals surface area (Å²) >= 11 is 7.46. The van der Waals surface area contributed by atoms with Gasteiger partial charge in [0.2, 0.25) is 0 Å². The fourth-order valence-electron chi connectivity index (χ4n) is 2.67. The third-order valence-corrected chi connectivity index (χ3v) is 5.21. The lowest BCUT2D eigenvalue weighted by Crippen LogP contribution is -2.19. The number of hydrogen-bond donors (Lipinski definition) is 2. The second-order valence-electron chi connectivity index (χ2n) is 6.07. The number of aromatic nitrogens is 1. The molecule has 138 valence electrons. The van der Waals surface area contributed by atoms with E-state index in [0.717, 1.165) is 21.8 Å². The molecule has 0 saturated carbocycles. The average molecular weight is 406 g/mol. The Labute approximate surface area is 171 Å². The van der Waals surface area contributed by atoms with Crippen LogP contribution < -0.4 is 10.6 Å². The van der Waals surface area contributed by atoms with E-state index < -0.39 is 0 Å². The van der Waals surface area contributed by atoms with E-state index in [2.05, 4.69) is 22.8 Å². The Hall–Kier alpha value is -3.15. The first-order valence-electron chi connectivity index (χ1n) is 8.62. The Kier molecular flexibility index (Phi) is 5.37. The minimum absolute atomic E-state index is 0.310. The highest BCUT2D eigenvalue weighted by atomic mass is 35.5. The van der Waals surface area contributed by atoms with Gasteiger partial charge in [-0.05, 0) is 36.4 Å². The van der Waals surface area contributed by atoms with E-state index in [-0.39, 0.29) is 6.03 Å². The van der Waals surface area contributed by atoms with Crippen LogP contribution in [0.5, 0.6) is 0 Å². The number of amides is 2. The van der Waals surface area contributed by atoms with Crippen LogP contribution in [0.25, 0.3) is 21.8 Å². The molecule has 0 radical (unpaired) electrons. The lowest BCUT2D eigenvalue weighted by atomic mass is 10.1. The average Bonchev–Trinajstić information content (AvgIpc) is 3.21. The Morgan fingerprint density at radius 2 is 1.39 bits per heavy atom. The molecule has 0 saturated heterocycles. The van der Waals surface area contributed by atoms with Gasteiger partial charge in [0, 0.05) is 32.9 Å². The molecule has 0 fully saturated rings. The van der Waals surface area contributed by atoms with Crippen molar-refractivity contribution in [3.63, 3.8) is 0 Å². The lowest BCUT2D eigenvalue weighted by molar-refractivity contribution is 0.262. The van der Waals surface area contributed by atoms with E-state index in [1.54, 1.807) is 35.6 Å². The third-order valence-electron chi connectivity index (χ3n) is 4.07. The number of thiazole rings is 1. The molecule has 6 heteroatoms. The number of benzene rings is 3. The van der Waals surface area contributed by atoms with Crippen molar-refractivity contribution < 1.29 is 4.79 Å². The zero-order chi connectivity index (χ0) is 19.3. The Bertz CT molecular complexity index is 1080. The fourth-order valence-corrected chi connectivity index (χ4v) is 3.63. The summed E-state index contributed by atoms with van der Waals surface area (Å²) in [7, 11) is 0. The predicted octanol–water partition coefficient (Wildman–Crippen LogP) is 6.77. The maximum atomic E-state index is 12.1. The van der Waals surface area contributed by atoms with Crippen LogP contribution >= 0.6 is 22.9 Å².